The molecule has 0 aromatic heterocycles. The highest BCUT2D eigenvalue weighted by atomic mass is 32.3. The molecule has 0 aliphatic heterocycles. The minimum atomic E-state index is -4.76. The highest BCUT2D eigenvalue weighted by Gasteiger charge is 2.20. The van der Waals surface area contributed by atoms with Gasteiger partial charge in [-0.2, -0.15) is 18.6 Å². The minimum absolute atomic E-state index is 0.0326. The molecule has 14 heteroatoms. The van der Waals surface area contributed by atoms with Crippen molar-refractivity contribution in [3.63, 3.8) is 0 Å². The normalized spacial score (nSPS) is 12.6. The molecule has 4 rings (SSSR count). The van der Waals surface area contributed by atoms with Crippen LogP contribution in [0.1, 0.15) is 16.7 Å². The molecule has 0 unspecified atom stereocenters. The third kappa shape index (κ3) is 7.10. The molecule has 0 fully saturated rings. The van der Waals surface area contributed by atoms with Gasteiger partial charge in [-0.1, -0.05) is 17.7 Å². The van der Waals surface area contributed by atoms with Crippen molar-refractivity contribution in [2.75, 3.05) is 18.1 Å². The summed E-state index contributed by atoms with van der Waals surface area (Å²) in [5, 5.41) is 28.8. The van der Waals surface area contributed by atoms with Gasteiger partial charge in [-0.25, -0.2) is 12.6 Å². The van der Waals surface area contributed by atoms with E-state index < -0.39 is 32.6 Å². The summed E-state index contributed by atoms with van der Waals surface area (Å²) in [6, 6.07) is 16.9. The first-order valence-corrected chi connectivity index (χ1v) is 15.2. The van der Waals surface area contributed by atoms with Gasteiger partial charge in [0.05, 0.1) is 34.3 Å². The second-order valence-electron chi connectivity index (χ2n) is 9.24. The number of rotatable bonds is 9. The number of nitrogens with two attached hydrogens (primary N) is 1. The summed E-state index contributed by atoms with van der Waals surface area (Å²) in [6.07, 6.45) is 0. The Morgan fingerprint density at radius 2 is 1.44 bits per heavy atom. The topological polar surface area (TPSA) is 193 Å². The second-order valence-corrected chi connectivity index (χ2v) is 12.4. The van der Waals surface area contributed by atoms with E-state index in [1.807, 2.05) is 31.2 Å². The van der Waals surface area contributed by atoms with Crippen molar-refractivity contribution in [1.29, 1.82) is 0 Å². The van der Waals surface area contributed by atoms with Gasteiger partial charge in [0.2, 0.25) is 0 Å². The molecule has 12 nitrogen and oxygen atoms in total. The molecular formula is C27H27N5O7S2. The van der Waals surface area contributed by atoms with E-state index in [9.17, 15) is 21.9 Å². The molecule has 0 spiro atoms. The van der Waals surface area contributed by atoms with Crippen LogP contribution in [0.2, 0.25) is 0 Å². The van der Waals surface area contributed by atoms with E-state index in [1.165, 1.54) is 12.1 Å². The standard InChI is InChI=1S/C27H27N5O7S2/c1-16-4-6-19(7-5-16)29-30-23-11-9-20-21(27(23)33)8-10-22(28)26(20)32-31-24-14-18(3)25(15-17(24)2)40(34,35)13-12-39-41(36,37)38/h4-11,14-15,33H,12-13,28H2,1-3H3,(H,36,37,38). The van der Waals surface area contributed by atoms with Crippen molar-refractivity contribution in [1.82, 2.24) is 0 Å². The van der Waals surface area contributed by atoms with Gasteiger partial charge in [0.15, 0.2) is 15.6 Å². The molecule has 0 saturated heterocycles. The predicted molar refractivity (Wildman–Crippen MR) is 155 cm³/mol. The lowest BCUT2D eigenvalue weighted by atomic mass is 10.1. The Balaban J connectivity index is 1.64. The molecule has 0 amide bonds. The second kappa shape index (κ2) is 11.7. The maximum absolute atomic E-state index is 12.7. The first-order valence-electron chi connectivity index (χ1n) is 12.2. The van der Waals surface area contributed by atoms with Crippen molar-refractivity contribution in [2.45, 2.75) is 25.7 Å². The molecular weight excluding hydrogens is 570 g/mol. The highest BCUT2D eigenvalue weighted by Crippen LogP contribution is 2.42. The van der Waals surface area contributed by atoms with Crippen molar-refractivity contribution in [3.05, 3.63) is 77.4 Å². The van der Waals surface area contributed by atoms with E-state index >= 15 is 0 Å². The van der Waals surface area contributed by atoms with Crippen LogP contribution in [0.3, 0.4) is 0 Å². The third-order valence-electron chi connectivity index (χ3n) is 6.13. The number of aromatic hydroxyl groups is 1. The summed E-state index contributed by atoms with van der Waals surface area (Å²) >= 11 is 0. The van der Waals surface area contributed by atoms with Crippen LogP contribution in [-0.4, -0.2) is 38.9 Å². The number of hydrogen-bond acceptors (Lipinski definition) is 11. The van der Waals surface area contributed by atoms with Gasteiger partial charge >= 0.3 is 10.4 Å². The Bertz CT molecular complexity index is 1910. The summed E-state index contributed by atoms with van der Waals surface area (Å²) in [5.74, 6) is -0.759. The first-order chi connectivity index (χ1) is 19.2. The number of fused-ring (bicyclic) bond motifs is 1. The molecule has 0 bridgehead atoms. The lowest BCUT2D eigenvalue weighted by Crippen LogP contribution is -2.16. The van der Waals surface area contributed by atoms with Crippen molar-refractivity contribution in [2.24, 2.45) is 20.5 Å². The summed E-state index contributed by atoms with van der Waals surface area (Å²) in [6.45, 7) is 4.44. The Morgan fingerprint density at radius 3 is 2.12 bits per heavy atom. The molecule has 0 aliphatic carbocycles. The van der Waals surface area contributed by atoms with Crippen molar-refractivity contribution in [3.8, 4) is 5.75 Å². The number of phenolic OH excluding ortho intramolecular Hbond substituents is 1. The number of anilines is 1. The molecule has 0 radical (unpaired) electrons. The van der Waals surface area contributed by atoms with Gasteiger partial charge in [0.25, 0.3) is 0 Å². The lowest BCUT2D eigenvalue weighted by molar-refractivity contribution is 0.284. The summed E-state index contributed by atoms with van der Waals surface area (Å²) in [5.41, 5.74) is 9.98. The van der Waals surface area contributed by atoms with Gasteiger partial charge in [0, 0.05) is 10.8 Å². The minimum Gasteiger partial charge on any atom is -0.505 e. The van der Waals surface area contributed by atoms with Gasteiger partial charge in [-0.3, -0.25) is 4.55 Å². The largest absolute Gasteiger partial charge is 0.505 e. The molecule has 41 heavy (non-hydrogen) atoms. The van der Waals surface area contributed by atoms with E-state index in [0.717, 1.165) is 5.56 Å². The van der Waals surface area contributed by atoms with E-state index in [2.05, 4.69) is 24.6 Å². The van der Waals surface area contributed by atoms with E-state index in [0.29, 0.717) is 44.6 Å². The average molecular weight is 598 g/mol. The first kappa shape index (κ1) is 29.7. The Labute approximate surface area is 237 Å². The van der Waals surface area contributed by atoms with Crippen LogP contribution < -0.4 is 5.73 Å². The number of aryl methyl sites for hydroxylation is 3. The number of nitrogens with zero attached hydrogens (tertiary/aromatic N) is 4. The maximum atomic E-state index is 12.7. The lowest BCUT2D eigenvalue weighted by Gasteiger charge is -2.11. The smallest absolute Gasteiger partial charge is 0.397 e. The zero-order chi connectivity index (χ0) is 29.9. The fourth-order valence-corrected chi connectivity index (χ4v) is 5.80. The quantitative estimate of drug-likeness (QED) is 0.111. The fourth-order valence-electron chi connectivity index (χ4n) is 3.97. The van der Waals surface area contributed by atoms with E-state index in [-0.39, 0.29) is 16.3 Å². The van der Waals surface area contributed by atoms with E-state index in [4.69, 9.17) is 10.3 Å². The summed E-state index contributed by atoms with van der Waals surface area (Å²) in [4.78, 5) is -0.0326. The fraction of sp³-hybridized carbons (Fsp3) is 0.185. The van der Waals surface area contributed by atoms with Crippen molar-refractivity contribution >= 4 is 59.4 Å². The van der Waals surface area contributed by atoms with Gasteiger partial charge < -0.3 is 10.8 Å². The monoisotopic (exact) mass is 597 g/mol. The van der Waals surface area contributed by atoms with Crippen LogP contribution >= 0.6 is 0 Å². The van der Waals surface area contributed by atoms with Crippen molar-refractivity contribution < 1.29 is 30.7 Å². The number of hydrogen-bond donors (Lipinski definition) is 3. The Kier molecular flexibility index (Phi) is 8.49. The molecule has 0 aliphatic rings. The zero-order valence-corrected chi connectivity index (χ0v) is 23.9. The molecule has 0 heterocycles. The number of sulfone groups is 1. The number of benzene rings is 4. The SMILES string of the molecule is Cc1ccc(N=Nc2ccc3c(N=Nc4cc(C)c(S(=O)(=O)CCOS(=O)(=O)O)cc4C)c(N)ccc3c2O)cc1. The van der Waals surface area contributed by atoms with Crippen LogP contribution in [0.5, 0.6) is 5.75 Å². The van der Waals surface area contributed by atoms with Crippen LogP contribution in [0.15, 0.2) is 86.0 Å². The zero-order valence-electron chi connectivity index (χ0n) is 22.3. The Morgan fingerprint density at radius 1 is 0.780 bits per heavy atom. The number of azo groups is 2. The highest BCUT2D eigenvalue weighted by molar-refractivity contribution is 7.91. The van der Waals surface area contributed by atoms with Crippen LogP contribution in [0.25, 0.3) is 10.8 Å². The van der Waals surface area contributed by atoms with Crippen LogP contribution in [-0.2, 0) is 24.4 Å². The molecule has 4 aromatic rings. The van der Waals surface area contributed by atoms with Gasteiger partial charge in [0.1, 0.15) is 11.4 Å². The van der Waals surface area contributed by atoms with Gasteiger partial charge in [-0.05, 0) is 80.4 Å². The maximum Gasteiger partial charge on any atom is 0.397 e. The van der Waals surface area contributed by atoms with Gasteiger partial charge in [-0.15, -0.1) is 10.2 Å². The number of phenols is 1. The molecule has 4 aromatic carbocycles. The molecule has 4 N–H and O–H groups in total. The predicted octanol–water partition coefficient (Wildman–Crippen LogP) is 6.48. The van der Waals surface area contributed by atoms with Crippen LogP contribution in [0, 0.1) is 20.8 Å². The molecule has 0 saturated carbocycles. The van der Waals surface area contributed by atoms with E-state index in [1.54, 1.807) is 38.1 Å². The third-order valence-corrected chi connectivity index (χ3v) is 8.41. The Hall–Kier alpha value is -4.24. The number of nitrogen functional groups attached to an aromatic ring is 1. The molecule has 214 valence electrons. The van der Waals surface area contributed by atoms with Crippen LogP contribution in [0.4, 0.5) is 28.4 Å². The summed E-state index contributed by atoms with van der Waals surface area (Å²) in [7, 11) is -8.68. The average Bonchev–Trinajstić information content (AvgIpc) is 2.89. The molecule has 0 atom stereocenters. The summed E-state index contributed by atoms with van der Waals surface area (Å²) < 4.78 is 59.7.